The van der Waals surface area contributed by atoms with Gasteiger partial charge in [-0.15, -0.1) is 0 Å². The zero-order valence-corrected chi connectivity index (χ0v) is 5.76. The summed E-state index contributed by atoms with van der Waals surface area (Å²) >= 11 is 0. The van der Waals surface area contributed by atoms with Crippen LogP contribution in [0.3, 0.4) is 0 Å². The van der Waals surface area contributed by atoms with Crippen molar-refractivity contribution in [2.75, 3.05) is 5.73 Å². The minimum absolute atomic E-state index is 0.277. The lowest BCUT2D eigenvalue weighted by molar-refractivity contribution is 0.640. The van der Waals surface area contributed by atoms with Crippen molar-refractivity contribution in [2.45, 2.75) is 0 Å². The first kappa shape index (κ1) is 6.22. The summed E-state index contributed by atoms with van der Waals surface area (Å²) in [4.78, 5) is 2.86. The standard InChI is InChI=1S/C8H7FN2/c9-5-2-1-3-7-8(5)6(10)4-11-7/h1-4,11H,10H2. The Balaban J connectivity index is 2.96. The molecule has 2 nitrogen and oxygen atoms in total. The van der Waals surface area contributed by atoms with Crippen LogP contribution in [-0.4, -0.2) is 4.98 Å². The highest BCUT2D eigenvalue weighted by atomic mass is 19.1. The fourth-order valence-electron chi connectivity index (χ4n) is 1.17. The first-order valence-electron chi connectivity index (χ1n) is 3.30. The van der Waals surface area contributed by atoms with Gasteiger partial charge in [0.05, 0.1) is 16.6 Å². The van der Waals surface area contributed by atoms with E-state index in [4.69, 9.17) is 5.73 Å². The number of halogens is 1. The molecule has 1 aromatic carbocycles. The fraction of sp³-hybridized carbons (Fsp3) is 0. The Morgan fingerprint density at radius 1 is 1.36 bits per heavy atom. The SMILES string of the molecule is Nc1c[nH]c2cccc(F)c12. The van der Waals surface area contributed by atoms with E-state index in [1.807, 2.05) is 0 Å². The van der Waals surface area contributed by atoms with Crippen LogP contribution in [0, 0.1) is 5.82 Å². The molecular formula is C8H7FN2. The van der Waals surface area contributed by atoms with Gasteiger partial charge in [0.2, 0.25) is 0 Å². The van der Waals surface area contributed by atoms with Crippen LogP contribution in [-0.2, 0) is 0 Å². The molecule has 2 aromatic rings. The van der Waals surface area contributed by atoms with Crippen molar-refractivity contribution in [2.24, 2.45) is 0 Å². The predicted molar refractivity (Wildman–Crippen MR) is 42.7 cm³/mol. The normalized spacial score (nSPS) is 10.6. The maximum Gasteiger partial charge on any atom is 0.134 e. The Kier molecular flexibility index (Phi) is 1.12. The third-order valence-corrected chi connectivity index (χ3v) is 1.69. The van der Waals surface area contributed by atoms with Gasteiger partial charge in [0.15, 0.2) is 0 Å². The number of aromatic nitrogens is 1. The maximum atomic E-state index is 13.0. The molecule has 0 radical (unpaired) electrons. The summed E-state index contributed by atoms with van der Waals surface area (Å²) in [7, 11) is 0. The van der Waals surface area contributed by atoms with Crippen molar-refractivity contribution in [1.29, 1.82) is 0 Å². The Morgan fingerprint density at radius 2 is 2.18 bits per heavy atom. The molecule has 11 heavy (non-hydrogen) atoms. The molecule has 0 aliphatic heterocycles. The van der Waals surface area contributed by atoms with Gasteiger partial charge in [-0.25, -0.2) is 4.39 Å². The molecule has 1 aromatic heterocycles. The average molecular weight is 150 g/mol. The van der Waals surface area contributed by atoms with Gasteiger partial charge in [0.1, 0.15) is 5.82 Å². The van der Waals surface area contributed by atoms with Crippen molar-refractivity contribution in [3.63, 3.8) is 0 Å². The molecule has 0 aliphatic carbocycles. The summed E-state index contributed by atoms with van der Waals surface area (Å²) < 4.78 is 13.0. The Labute approximate surface area is 62.8 Å². The van der Waals surface area contributed by atoms with Gasteiger partial charge in [-0.3, -0.25) is 0 Å². The van der Waals surface area contributed by atoms with E-state index in [2.05, 4.69) is 4.98 Å². The zero-order chi connectivity index (χ0) is 7.84. The number of anilines is 1. The van der Waals surface area contributed by atoms with E-state index in [9.17, 15) is 4.39 Å². The highest BCUT2D eigenvalue weighted by Crippen LogP contribution is 2.22. The monoisotopic (exact) mass is 150 g/mol. The number of aromatic amines is 1. The second-order valence-electron chi connectivity index (χ2n) is 2.41. The molecule has 0 bridgehead atoms. The third-order valence-electron chi connectivity index (χ3n) is 1.69. The molecule has 3 heteroatoms. The Morgan fingerprint density at radius 3 is 2.91 bits per heavy atom. The van der Waals surface area contributed by atoms with Gasteiger partial charge in [-0.05, 0) is 12.1 Å². The lowest BCUT2D eigenvalue weighted by atomic mass is 10.2. The van der Waals surface area contributed by atoms with Crippen LogP contribution in [0.25, 0.3) is 10.9 Å². The molecule has 0 unspecified atom stereocenters. The Bertz CT molecular complexity index is 392. The summed E-state index contributed by atoms with van der Waals surface area (Å²) in [5.41, 5.74) is 6.70. The molecule has 0 amide bonds. The van der Waals surface area contributed by atoms with E-state index in [1.165, 1.54) is 6.07 Å². The van der Waals surface area contributed by atoms with Crippen LogP contribution < -0.4 is 5.73 Å². The van der Waals surface area contributed by atoms with Crippen molar-refractivity contribution >= 4 is 16.6 Å². The first-order chi connectivity index (χ1) is 5.29. The Hall–Kier alpha value is -1.51. The van der Waals surface area contributed by atoms with Gasteiger partial charge in [0, 0.05) is 6.20 Å². The van der Waals surface area contributed by atoms with Gasteiger partial charge in [0.25, 0.3) is 0 Å². The van der Waals surface area contributed by atoms with Crippen LogP contribution in [0.2, 0.25) is 0 Å². The topological polar surface area (TPSA) is 41.8 Å². The molecule has 2 rings (SSSR count). The number of benzene rings is 1. The van der Waals surface area contributed by atoms with Crippen LogP contribution >= 0.6 is 0 Å². The molecule has 0 spiro atoms. The average Bonchev–Trinajstić information content (AvgIpc) is 2.34. The van der Waals surface area contributed by atoms with E-state index >= 15 is 0 Å². The first-order valence-corrected chi connectivity index (χ1v) is 3.30. The number of nitrogen functional groups attached to an aromatic ring is 1. The lowest BCUT2D eigenvalue weighted by Gasteiger charge is -1.91. The molecule has 0 aliphatic rings. The highest BCUT2D eigenvalue weighted by Gasteiger charge is 2.03. The summed E-state index contributed by atoms with van der Waals surface area (Å²) in [5.74, 6) is -0.277. The second kappa shape index (κ2) is 1.99. The van der Waals surface area contributed by atoms with E-state index in [0.29, 0.717) is 11.1 Å². The van der Waals surface area contributed by atoms with Crippen LogP contribution in [0.15, 0.2) is 24.4 Å². The number of fused-ring (bicyclic) bond motifs is 1. The summed E-state index contributed by atoms with van der Waals surface area (Å²) in [5, 5.41) is 0.479. The van der Waals surface area contributed by atoms with Crippen molar-refractivity contribution in [3.8, 4) is 0 Å². The number of nitrogens with two attached hydrogens (primary N) is 1. The molecular weight excluding hydrogens is 143 g/mol. The molecule has 3 N–H and O–H groups in total. The quantitative estimate of drug-likeness (QED) is 0.591. The molecule has 0 atom stereocenters. The predicted octanol–water partition coefficient (Wildman–Crippen LogP) is 1.89. The maximum absolute atomic E-state index is 13.0. The van der Waals surface area contributed by atoms with E-state index < -0.39 is 0 Å². The van der Waals surface area contributed by atoms with Gasteiger partial charge >= 0.3 is 0 Å². The number of hydrogen-bond donors (Lipinski definition) is 2. The van der Waals surface area contributed by atoms with Gasteiger partial charge in [-0.2, -0.15) is 0 Å². The third kappa shape index (κ3) is 0.774. The minimum atomic E-state index is -0.277. The highest BCUT2D eigenvalue weighted by molar-refractivity contribution is 5.91. The van der Waals surface area contributed by atoms with E-state index in [0.717, 1.165) is 5.52 Å². The molecule has 0 saturated heterocycles. The number of hydrogen-bond acceptors (Lipinski definition) is 1. The largest absolute Gasteiger partial charge is 0.397 e. The molecule has 56 valence electrons. The van der Waals surface area contributed by atoms with Gasteiger partial charge < -0.3 is 10.7 Å². The number of H-pyrrole nitrogens is 1. The molecule has 0 saturated carbocycles. The summed E-state index contributed by atoms with van der Waals surface area (Å²) in [6, 6.07) is 4.83. The second-order valence-corrected chi connectivity index (χ2v) is 2.41. The van der Waals surface area contributed by atoms with Crippen molar-refractivity contribution in [3.05, 3.63) is 30.2 Å². The molecule has 1 heterocycles. The van der Waals surface area contributed by atoms with Crippen LogP contribution in [0.4, 0.5) is 10.1 Å². The fourth-order valence-corrected chi connectivity index (χ4v) is 1.17. The smallest absolute Gasteiger partial charge is 0.134 e. The summed E-state index contributed by atoms with van der Waals surface area (Å²) in [6.07, 6.45) is 1.59. The lowest BCUT2D eigenvalue weighted by Crippen LogP contribution is -1.82. The van der Waals surface area contributed by atoms with E-state index in [-0.39, 0.29) is 5.82 Å². The van der Waals surface area contributed by atoms with Crippen molar-refractivity contribution in [1.82, 2.24) is 4.98 Å². The van der Waals surface area contributed by atoms with Gasteiger partial charge in [-0.1, -0.05) is 6.07 Å². The van der Waals surface area contributed by atoms with Crippen molar-refractivity contribution < 1.29 is 4.39 Å². The van der Waals surface area contributed by atoms with Crippen LogP contribution in [0.5, 0.6) is 0 Å². The minimum Gasteiger partial charge on any atom is -0.397 e. The van der Waals surface area contributed by atoms with E-state index in [1.54, 1.807) is 18.3 Å². The van der Waals surface area contributed by atoms with Crippen LogP contribution in [0.1, 0.15) is 0 Å². The molecule has 0 fully saturated rings. The summed E-state index contributed by atoms with van der Waals surface area (Å²) in [6.45, 7) is 0. The number of rotatable bonds is 0. The zero-order valence-electron chi connectivity index (χ0n) is 5.76. The number of nitrogens with one attached hydrogen (secondary N) is 1.